The molecule has 0 rings (SSSR count). The molecule has 0 radical (unpaired) electrons. The maximum absolute atomic E-state index is 13.6. The van der Waals surface area contributed by atoms with Crippen molar-refractivity contribution in [3.8, 4) is 0 Å². The van der Waals surface area contributed by atoms with E-state index in [4.69, 9.17) is 27.1 Å². The average Bonchev–Trinajstić information content (AvgIpc) is 3.28. The van der Waals surface area contributed by atoms with Crippen LogP contribution in [0.5, 0.6) is 0 Å². The highest BCUT2D eigenvalue weighted by atomic mass is 31.2. The summed E-state index contributed by atoms with van der Waals surface area (Å²) in [6.07, 6.45) is 22.4. The van der Waals surface area contributed by atoms with Gasteiger partial charge in [-0.3, -0.25) is 46.3 Å². The number of amides is 6. The minimum atomic E-state index is -4.19. The molecule has 0 saturated heterocycles. The summed E-state index contributed by atoms with van der Waals surface area (Å²) in [5.74, 6) is -0.897. The van der Waals surface area contributed by atoms with E-state index in [1.54, 1.807) is 0 Å². The fourth-order valence-electron chi connectivity index (χ4n) is 7.20. The summed E-state index contributed by atoms with van der Waals surface area (Å²) >= 11 is 0. The van der Waals surface area contributed by atoms with Gasteiger partial charge in [0.25, 0.3) is 0 Å². The van der Waals surface area contributed by atoms with Crippen LogP contribution in [0.15, 0.2) is 25.3 Å². The molecule has 6 amide bonds. The summed E-state index contributed by atoms with van der Waals surface area (Å²) < 4.78 is 60.1. The number of hydrogen-bond acceptors (Lipinski definition) is 13. The third-order valence-electron chi connectivity index (χ3n) is 10.5. The van der Waals surface area contributed by atoms with Crippen LogP contribution in [0.1, 0.15) is 170 Å². The van der Waals surface area contributed by atoms with Gasteiger partial charge in [-0.15, -0.1) is 13.2 Å². The van der Waals surface area contributed by atoms with Crippen molar-refractivity contribution in [3.63, 3.8) is 0 Å². The van der Waals surface area contributed by atoms with Crippen LogP contribution < -0.4 is 31.9 Å². The molecule has 0 heterocycles. The quantitative estimate of drug-likeness (QED) is 0.0190. The fraction of sp³-hybridized carbons (Fsp3) is 0.809. The first-order valence-electron chi connectivity index (χ1n) is 24.9. The molecule has 68 heavy (non-hydrogen) atoms. The van der Waals surface area contributed by atoms with Gasteiger partial charge in [-0.2, -0.15) is 0 Å². The molecule has 6 unspecified atom stereocenters. The number of carbonyl (C=O) groups is 5. The van der Waals surface area contributed by atoms with Gasteiger partial charge in [0.15, 0.2) is 0 Å². The molecule has 0 aromatic carbocycles. The smallest absolute Gasteiger partial charge is 0.354 e. The maximum Gasteiger partial charge on any atom is 0.475 e. The first-order chi connectivity index (χ1) is 32.5. The number of nitrogens with one attached hydrogen (secondary N) is 6. The number of rotatable bonds is 46. The van der Waals surface area contributed by atoms with Crippen LogP contribution in [0.25, 0.3) is 0 Å². The molecule has 6 atom stereocenters. The third kappa shape index (κ3) is 38.7. The van der Waals surface area contributed by atoms with Crippen LogP contribution in [0.4, 0.5) is 4.79 Å². The lowest BCUT2D eigenvalue weighted by molar-refractivity contribution is -0.121. The standard InChI is InChI=1S/C47H90N6O13P2/c1-9-13-15-17-19-21-23-25-43(50-39(5)54)27-29-45(52-41(7)56)37-65-67(59,61-33-11-3)63-35-31-48-47(58)49-32-36-64-68(60,62-34-12-4)66-38-46(53-42(8)57)30-28-44(51-40(6)55)26-24-22-20-18-16-14-10-2/h11-12,43-46H,3-4,9-10,13-38H2,1-2,5-8H3,(H,50,54)(H,51,55)(H,52,56)(H,53,57)(H2,48,49,58). The van der Waals surface area contributed by atoms with E-state index < -0.39 is 33.8 Å². The topological polar surface area (TPSA) is 247 Å². The van der Waals surface area contributed by atoms with Gasteiger partial charge < -0.3 is 31.9 Å². The van der Waals surface area contributed by atoms with Gasteiger partial charge in [-0.05, 0) is 38.5 Å². The van der Waals surface area contributed by atoms with Gasteiger partial charge >= 0.3 is 21.7 Å². The van der Waals surface area contributed by atoms with Crippen LogP contribution in [-0.4, -0.2) is 107 Å². The molecule has 396 valence electrons. The minimum absolute atomic E-state index is 0.100. The Morgan fingerprint density at radius 2 is 0.750 bits per heavy atom. The molecule has 21 heteroatoms. The zero-order chi connectivity index (χ0) is 50.9. The molecule has 0 aromatic heterocycles. The number of urea groups is 1. The minimum Gasteiger partial charge on any atom is -0.354 e. The van der Waals surface area contributed by atoms with Crippen molar-refractivity contribution in [2.24, 2.45) is 0 Å². The summed E-state index contributed by atoms with van der Waals surface area (Å²) in [6.45, 7) is 15.7. The first kappa shape index (κ1) is 64.8. The molecule has 0 aliphatic rings. The Balaban J connectivity index is 5.16. The van der Waals surface area contributed by atoms with E-state index in [1.165, 1.54) is 91.2 Å². The summed E-state index contributed by atoms with van der Waals surface area (Å²) in [5.41, 5.74) is 0. The average molecular weight is 1010 g/mol. The van der Waals surface area contributed by atoms with Gasteiger partial charge in [0.05, 0.1) is 51.7 Å². The van der Waals surface area contributed by atoms with E-state index in [1.807, 2.05) is 0 Å². The fourth-order valence-corrected chi connectivity index (χ4v) is 9.58. The third-order valence-corrected chi connectivity index (χ3v) is 13.4. The van der Waals surface area contributed by atoms with Crippen molar-refractivity contribution < 1.29 is 60.2 Å². The Kier molecular flexibility index (Phi) is 39.7. The van der Waals surface area contributed by atoms with E-state index in [0.29, 0.717) is 25.7 Å². The van der Waals surface area contributed by atoms with Crippen LogP contribution in [-0.2, 0) is 55.5 Å². The van der Waals surface area contributed by atoms with Crippen molar-refractivity contribution in [1.29, 1.82) is 0 Å². The molecular formula is C47H90N6O13P2. The van der Waals surface area contributed by atoms with Gasteiger partial charge in [-0.25, -0.2) is 13.9 Å². The predicted molar refractivity (Wildman–Crippen MR) is 267 cm³/mol. The van der Waals surface area contributed by atoms with Crippen molar-refractivity contribution in [1.82, 2.24) is 31.9 Å². The Labute approximate surface area is 408 Å². The van der Waals surface area contributed by atoms with E-state index in [9.17, 15) is 33.1 Å². The lowest BCUT2D eigenvalue weighted by Gasteiger charge is -2.24. The predicted octanol–water partition coefficient (Wildman–Crippen LogP) is 8.83. The monoisotopic (exact) mass is 1010 g/mol. The highest BCUT2D eigenvalue weighted by Crippen LogP contribution is 2.50. The molecule has 0 fully saturated rings. The second-order valence-corrected chi connectivity index (χ2v) is 20.4. The zero-order valence-corrected chi connectivity index (χ0v) is 44.2. The molecular weight excluding hydrogens is 918 g/mol. The lowest BCUT2D eigenvalue weighted by atomic mass is 9.99. The zero-order valence-electron chi connectivity index (χ0n) is 42.4. The van der Waals surface area contributed by atoms with E-state index in [-0.39, 0.29) is 88.4 Å². The van der Waals surface area contributed by atoms with Crippen molar-refractivity contribution in [2.75, 3.05) is 52.7 Å². The van der Waals surface area contributed by atoms with Crippen molar-refractivity contribution >= 4 is 45.3 Å². The number of carbonyl (C=O) groups excluding carboxylic acids is 5. The number of hydrogen-bond donors (Lipinski definition) is 6. The Hall–Kier alpha value is -3.15. The SMILES string of the molecule is C=CCOP(=O)(OCCNC(=O)NCCOP(=O)(OCC=C)OCC(CCC(CCCCCCCCC)NC(C)=O)NC(C)=O)OCC(CCC(CCCCCCCCC)NC(C)=O)NC(C)=O. The Bertz CT molecular complexity index is 1400. The highest BCUT2D eigenvalue weighted by molar-refractivity contribution is 7.48. The highest BCUT2D eigenvalue weighted by Gasteiger charge is 2.30. The largest absolute Gasteiger partial charge is 0.475 e. The molecule has 0 aliphatic carbocycles. The normalized spacial score (nSPS) is 14.8. The van der Waals surface area contributed by atoms with Gasteiger partial charge in [0.1, 0.15) is 0 Å². The van der Waals surface area contributed by atoms with Crippen LogP contribution in [0.2, 0.25) is 0 Å². The summed E-state index contributed by atoms with van der Waals surface area (Å²) in [5, 5.41) is 16.7. The molecule has 0 bridgehead atoms. The van der Waals surface area contributed by atoms with Crippen LogP contribution >= 0.6 is 15.6 Å². The lowest BCUT2D eigenvalue weighted by Crippen LogP contribution is -2.40. The van der Waals surface area contributed by atoms with E-state index in [0.717, 1.165) is 51.4 Å². The van der Waals surface area contributed by atoms with Gasteiger partial charge in [-0.1, -0.05) is 116 Å². The second-order valence-electron chi connectivity index (χ2n) is 17.1. The van der Waals surface area contributed by atoms with Crippen molar-refractivity contribution in [2.45, 2.75) is 194 Å². The summed E-state index contributed by atoms with van der Waals surface area (Å²) in [7, 11) is -8.38. The molecule has 6 N–H and O–H groups in total. The molecule has 0 spiro atoms. The molecule has 0 aromatic rings. The van der Waals surface area contributed by atoms with E-state index >= 15 is 0 Å². The van der Waals surface area contributed by atoms with E-state index in [2.05, 4.69) is 58.9 Å². The van der Waals surface area contributed by atoms with Crippen LogP contribution in [0.3, 0.4) is 0 Å². The second kappa shape index (κ2) is 41.6. The van der Waals surface area contributed by atoms with Gasteiger partial charge in [0, 0.05) is 52.9 Å². The Morgan fingerprint density at radius 3 is 1.07 bits per heavy atom. The molecule has 0 saturated carbocycles. The maximum atomic E-state index is 13.6. The first-order valence-corrected chi connectivity index (χ1v) is 27.8. The molecule has 19 nitrogen and oxygen atoms in total. The number of unbranched alkanes of at least 4 members (excludes halogenated alkanes) is 12. The number of phosphoric ester groups is 2. The summed E-state index contributed by atoms with van der Waals surface area (Å²) in [6, 6.07) is -1.97. The van der Waals surface area contributed by atoms with Gasteiger partial charge in [0.2, 0.25) is 23.6 Å². The summed E-state index contributed by atoms with van der Waals surface area (Å²) in [4.78, 5) is 60.6. The molecule has 0 aliphatic heterocycles. The van der Waals surface area contributed by atoms with Crippen LogP contribution in [0, 0.1) is 0 Å². The van der Waals surface area contributed by atoms with Crippen molar-refractivity contribution in [3.05, 3.63) is 25.3 Å². The number of phosphoric acid groups is 2. The Morgan fingerprint density at radius 1 is 0.441 bits per heavy atom.